The number of aromatic nitrogens is 7. The summed E-state index contributed by atoms with van der Waals surface area (Å²) in [6.45, 7) is 4.97. The van der Waals surface area contributed by atoms with E-state index in [4.69, 9.17) is 10.1 Å². The minimum absolute atomic E-state index is 0.240. The van der Waals surface area contributed by atoms with Crippen LogP contribution in [-0.4, -0.2) is 46.5 Å². The number of aromatic amines is 1. The van der Waals surface area contributed by atoms with Gasteiger partial charge in [0.05, 0.1) is 12.5 Å². The Labute approximate surface area is 210 Å². The SMILES string of the molecule is CC(C)Cc1nc(C2CCC(C(=O)O)CC2)n(Cc2ccc(-c3ccccc3-c3nn[nH]n3)cc2)n1. The lowest BCUT2D eigenvalue weighted by molar-refractivity contribution is -0.142. The Morgan fingerprint density at radius 3 is 2.42 bits per heavy atom. The van der Waals surface area contributed by atoms with Crippen LogP contribution in [0.15, 0.2) is 48.5 Å². The first kappa shape index (κ1) is 23.8. The van der Waals surface area contributed by atoms with E-state index in [1.165, 1.54) is 0 Å². The minimum atomic E-state index is -0.684. The van der Waals surface area contributed by atoms with Gasteiger partial charge in [-0.25, -0.2) is 9.67 Å². The average Bonchev–Trinajstić information content (AvgIpc) is 3.55. The van der Waals surface area contributed by atoms with Crippen molar-refractivity contribution in [3.63, 3.8) is 0 Å². The third-order valence-electron chi connectivity index (χ3n) is 6.89. The van der Waals surface area contributed by atoms with Crippen LogP contribution in [0.1, 0.15) is 62.7 Å². The predicted octanol–water partition coefficient (Wildman–Crippen LogP) is 4.73. The fraction of sp³-hybridized carbons (Fsp3) is 0.407. The van der Waals surface area contributed by atoms with Crippen molar-refractivity contribution in [2.24, 2.45) is 11.8 Å². The minimum Gasteiger partial charge on any atom is -0.481 e. The topological polar surface area (TPSA) is 122 Å². The molecule has 5 rings (SSSR count). The Morgan fingerprint density at radius 2 is 1.78 bits per heavy atom. The second-order valence-electron chi connectivity index (χ2n) is 10.0. The Kier molecular flexibility index (Phi) is 6.88. The number of carbonyl (C=O) groups is 1. The van der Waals surface area contributed by atoms with Gasteiger partial charge in [-0.2, -0.15) is 10.3 Å². The molecule has 2 aromatic heterocycles. The van der Waals surface area contributed by atoms with Crippen molar-refractivity contribution < 1.29 is 9.90 Å². The fourth-order valence-electron chi connectivity index (χ4n) is 5.04. The lowest BCUT2D eigenvalue weighted by Gasteiger charge is -2.25. The van der Waals surface area contributed by atoms with Gasteiger partial charge in [-0.1, -0.05) is 62.4 Å². The van der Waals surface area contributed by atoms with Gasteiger partial charge < -0.3 is 5.11 Å². The van der Waals surface area contributed by atoms with E-state index in [2.05, 4.69) is 64.8 Å². The fourth-order valence-corrected chi connectivity index (χ4v) is 5.04. The molecular weight excluding hydrogens is 454 g/mol. The molecule has 0 atom stereocenters. The second-order valence-corrected chi connectivity index (χ2v) is 10.0. The van der Waals surface area contributed by atoms with Gasteiger partial charge in [-0.15, -0.1) is 10.2 Å². The van der Waals surface area contributed by atoms with E-state index >= 15 is 0 Å². The summed E-state index contributed by atoms with van der Waals surface area (Å²) in [5.41, 5.74) is 4.18. The van der Waals surface area contributed by atoms with Crippen molar-refractivity contribution in [3.8, 4) is 22.5 Å². The van der Waals surface area contributed by atoms with Gasteiger partial charge >= 0.3 is 5.97 Å². The average molecular weight is 486 g/mol. The van der Waals surface area contributed by atoms with Gasteiger partial charge in [0.2, 0.25) is 5.82 Å². The van der Waals surface area contributed by atoms with Gasteiger partial charge in [-0.3, -0.25) is 4.79 Å². The summed E-state index contributed by atoms with van der Waals surface area (Å²) in [6.07, 6.45) is 3.89. The van der Waals surface area contributed by atoms with Crippen LogP contribution in [0.25, 0.3) is 22.5 Å². The maximum absolute atomic E-state index is 11.4. The lowest BCUT2D eigenvalue weighted by atomic mass is 9.81. The van der Waals surface area contributed by atoms with Gasteiger partial charge in [-0.05, 0) is 53.5 Å². The molecular formula is C27H31N7O2. The molecule has 186 valence electrons. The van der Waals surface area contributed by atoms with Crippen LogP contribution in [0.2, 0.25) is 0 Å². The van der Waals surface area contributed by atoms with Crippen LogP contribution in [0.3, 0.4) is 0 Å². The number of benzene rings is 2. The zero-order valence-electron chi connectivity index (χ0n) is 20.6. The molecule has 0 saturated heterocycles. The van der Waals surface area contributed by atoms with Gasteiger partial charge in [0.1, 0.15) is 5.82 Å². The number of tetrazole rings is 1. The molecule has 1 aliphatic carbocycles. The number of carboxylic acids is 1. The van der Waals surface area contributed by atoms with Crippen molar-refractivity contribution in [1.82, 2.24) is 35.4 Å². The normalized spacial score (nSPS) is 18.0. The van der Waals surface area contributed by atoms with Crippen LogP contribution in [0.4, 0.5) is 0 Å². The van der Waals surface area contributed by atoms with E-state index in [1.54, 1.807) is 0 Å². The molecule has 9 nitrogen and oxygen atoms in total. The lowest BCUT2D eigenvalue weighted by Crippen LogP contribution is -2.22. The van der Waals surface area contributed by atoms with Crippen LogP contribution in [-0.2, 0) is 17.8 Å². The van der Waals surface area contributed by atoms with E-state index in [-0.39, 0.29) is 11.8 Å². The summed E-state index contributed by atoms with van der Waals surface area (Å²) in [7, 11) is 0. The highest BCUT2D eigenvalue weighted by Gasteiger charge is 2.30. The number of H-pyrrole nitrogens is 1. The van der Waals surface area contributed by atoms with E-state index in [0.29, 0.717) is 31.1 Å². The first-order chi connectivity index (χ1) is 17.5. The largest absolute Gasteiger partial charge is 0.481 e. The Balaban J connectivity index is 1.38. The molecule has 2 heterocycles. The monoisotopic (exact) mass is 485 g/mol. The molecule has 9 heteroatoms. The summed E-state index contributed by atoms with van der Waals surface area (Å²) in [4.78, 5) is 16.3. The first-order valence-electron chi connectivity index (χ1n) is 12.6. The zero-order valence-corrected chi connectivity index (χ0v) is 20.6. The molecule has 0 aliphatic heterocycles. The zero-order chi connectivity index (χ0) is 25.1. The molecule has 0 radical (unpaired) electrons. The number of carboxylic acid groups (broad SMARTS) is 1. The number of hydrogen-bond donors (Lipinski definition) is 2. The first-order valence-corrected chi connectivity index (χ1v) is 12.6. The van der Waals surface area contributed by atoms with Gasteiger partial charge in [0.15, 0.2) is 5.82 Å². The Bertz CT molecular complexity index is 1300. The Morgan fingerprint density at radius 1 is 1.06 bits per heavy atom. The van der Waals surface area contributed by atoms with Crippen LogP contribution >= 0.6 is 0 Å². The summed E-state index contributed by atoms with van der Waals surface area (Å²) in [5.74, 6) is 2.21. The highest BCUT2D eigenvalue weighted by Crippen LogP contribution is 2.36. The summed E-state index contributed by atoms with van der Waals surface area (Å²) >= 11 is 0. The van der Waals surface area contributed by atoms with Crippen molar-refractivity contribution in [3.05, 3.63) is 65.7 Å². The molecule has 1 aliphatic rings. The molecule has 0 bridgehead atoms. The molecule has 2 N–H and O–H groups in total. The summed E-state index contributed by atoms with van der Waals surface area (Å²) < 4.78 is 2.03. The molecule has 1 saturated carbocycles. The molecule has 2 aromatic carbocycles. The molecule has 0 unspecified atom stereocenters. The predicted molar refractivity (Wildman–Crippen MR) is 135 cm³/mol. The number of hydrogen-bond acceptors (Lipinski definition) is 6. The number of nitrogens with one attached hydrogen (secondary N) is 1. The number of rotatable bonds is 8. The van der Waals surface area contributed by atoms with Crippen LogP contribution in [0.5, 0.6) is 0 Å². The third-order valence-corrected chi connectivity index (χ3v) is 6.89. The third kappa shape index (κ3) is 5.19. The van der Waals surface area contributed by atoms with Crippen molar-refractivity contribution >= 4 is 5.97 Å². The van der Waals surface area contributed by atoms with E-state index in [0.717, 1.165) is 53.2 Å². The molecule has 1 fully saturated rings. The molecule has 0 amide bonds. The van der Waals surface area contributed by atoms with E-state index < -0.39 is 5.97 Å². The summed E-state index contributed by atoms with van der Waals surface area (Å²) in [6, 6.07) is 16.5. The summed E-state index contributed by atoms with van der Waals surface area (Å²) in [5, 5.41) is 28.7. The van der Waals surface area contributed by atoms with E-state index in [9.17, 15) is 9.90 Å². The number of nitrogens with zero attached hydrogens (tertiary/aromatic N) is 6. The van der Waals surface area contributed by atoms with Crippen LogP contribution < -0.4 is 0 Å². The maximum Gasteiger partial charge on any atom is 0.306 e. The highest BCUT2D eigenvalue weighted by molar-refractivity contribution is 5.80. The van der Waals surface area contributed by atoms with Gasteiger partial charge in [0.25, 0.3) is 0 Å². The molecule has 36 heavy (non-hydrogen) atoms. The molecule has 4 aromatic rings. The highest BCUT2D eigenvalue weighted by atomic mass is 16.4. The molecule has 0 spiro atoms. The van der Waals surface area contributed by atoms with Crippen molar-refractivity contribution in [2.45, 2.75) is 58.4 Å². The van der Waals surface area contributed by atoms with Crippen molar-refractivity contribution in [2.75, 3.05) is 0 Å². The Hall–Kier alpha value is -3.88. The van der Waals surface area contributed by atoms with Crippen LogP contribution in [0, 0.1) is 11.8 Å². The smallest absolute Gasteiger partial charge is 0.306 e. The maximum atomic E-state index is 11.4. The quantitative estimate of drug-likeness (QED) is 0.370. The van der Waals surface area contributed by atoms with Gasteiger partial charge in [0, 0.05) is 17.9 Å². The second kappa shape index (κ2) is 10.4. The standard InChI is InChI=1S/C27H31N7O2/c1-17(2)15-24-28-26(20-11-13-21(14-12-20)27(35)36)34(31-24)16-18-7-9-19(10-8-18)22-5-3-4-6-23(22)25-29-32-33-30-25/h3-10,17,20-21H,11-16H2,1-2H3,(H,35,36)(H,29,30,32,33). The van der Waals surface area contributed by atoms with E-state index in [1.807, 2.05) is 22.9 Å². The number of aliphatic carboxylic acids is 1. The van der Waals surface area contributed by atoms with Crippen molar-refractivity contribution in [1.29, 1.82) is 0 Å².